The second-order valence-electron chi connectivity index (χ2n) is 4.94. The number of H-pyrrole nitrogens is 1. The van der Waals surface area contributed by atoms with Crippen molar-refractivity contribution in [2.75, 3.05) is 6.61 Å². The van der Waals surface area contributed by atoms with Gasteiger partial charge in [0, 0.05) is 24.0 Å². The average molecular weight is 341 g/mol. The molecule has 0 aliphatic heterocycles. The largest absolute Gasteiger partial charge is 0.468 e. The maximum atomic E-state index is 12.2. The Morgan fingerprint density at radius 1 is 1.33 bits per heavy atom. The quantitative estimate of drug-likeness (QED) is 0.871. The van der Waals surface area contributed by atoms with E-state index in [1.165, 1.54) is 24.4 Å². The van der Waals surface area contributed by atoms with Crippen molar-refractivity contribution in [2.24, 2.45) is 0 Å². The number of nitrogens with zero attached hydrogens (tertiary/aromatic N) is 1. The third-order valence-corrected chi connectivity index (χ3v) is 2.96. The Hall–Kier alpha value is -2.84. The molecule has 2 N–H and O–H groups in total. The van der Waals surface area contributed by atoms with Gasteiger partial charge in [0.1, 0.15) is 5.56 Å². The van der Waals surface area contributed by atoms with Gasteiger partial charge in [-0.15, -0.1) is 0 Å². The zero-order chi connectivity index (χ0) is 17.7. The molecule has 6 nitrogen and oxygen atoms in total. The van der Waals surface area contributed by atoms with Gasteiger partial charge < -0.3 is 15.0 Å². The normalized spacial score (nSPS) is 11.2. The van der Waals surface area contributed by atoms with E-state index in [1.807, 2.05) is 0 Å². The van der Waals surface area contributed by atoms with Gasteiger partial charge >= 0.3 is 6.18 Å². The minimum atomic E-state index is -4.49. The van der Waals surface area contributed by atoms with Crippen molar-refractivity contribution in [3.63, 3.8) is 0 Å². The molecular weight excluding hydrogens is 327 g/mol. The molecule has 9 heteroatoms. The molecule has 0 fully saturated rings. The summed E-state index contributed by atoms with van der Waals surface area (Å²) in [5.74, 6) is -0.880. The van der Waals surface area contributed by atoms with Crippen LogP contribution in [0.5, 0.6) is 5.88 Å². The molecule has 24 heavy (non-hydrogen) atoms. The van der Waals surface area contributed by atoms with Gasteiger partial charge in [-0.25, -0.2) is 4.98 Å². The van der Waals surface area contributed by atoms with Crippen LogP contribution in [0, 0.1) is 6.92 Å². The lowest BCUT2D eigenvalue weighted by molar-refractivity contribution is -0.154. The molecule has 0 aromatic carbocycles. The molecule has 2 rings (SSSR count). The monoisotopic (exact) mass is 341 g/mol. The summed E-state index contributed by atoms with van der Waals surface area (Å²) in [4.78, 5) is 29.9. The first-order valence-electron chi connectivity index (χ1n) is 6.88. The molecule has 0 radical (unpaired) electrons. The van der Waals surface area contributed by atoms with Crippen LogP contribution < -0.4 is 15.6 Å². The fourth-order valence-electron chi connectivity index (χ4n) is 1.86. The molecule has 1 amide bonds. The molecule has 0 spiro atoms. The number of halogens is 3. The topological polar surface area (TPSA) is 84.1 Å². The van der Waals surface area contributed by atoms with E-state index in [0.29, 0.717) is 5.69 Å². The molecule has 0 bridgehead atoms. The summed E-state index contributed by atoms with van der Waals surface area (Å²) in [6, 6.07) is 5.91. The summed E-state index contributed by atoms with van der Waals surface area (Å²) in [6.45, 7) is 0.0543. The average Bonchev–Trinajstić information content (AvgIpc) is 2.50. The summed E-state index contributed by atoms with van der Waals surface area (Å²) in [5.41, 5.74) is 0.222. The van der Waals surface area contributed by atoms with E-state index >= 15 is 0 Å². The summed E-state index contributed by atoms with van der Waals surface area (Å²) in [5, 5.41) is 2.45. The predicted molar refractivity (Wildman–Crippen MR) is 78.8 cm³/mol. The Morgan fingerprint density at radius 2 is 2.08 bits per heavy atom. The number of rotatable bonds is 5. The van der Waals surface area contributed by atoms with Gasteiger partial charge in [0.05, 0.1) is 0 Å². The van der Waals surface area contributed by atoms with Gasteiger partial charge in [0.25, 0.3) is 11.5 Å². The highest BCUT2D eigenvalue weighted by Crippen LogP contribution is 2.19. The molecule has 0 saturated carbocycles. The Bertz CT molecular complexity index is 787. The SMILES string of the molecule is Cc1ccc(C(=O)NCc2cccnc2OCC(F)(F)F)c(=O)[nH]1. The van der Waals surface area contributed by atoms with Gasteiger partial charge in [-0.1, -0.05) is 6.07 Å². The van der Waals surface area contributed by atoms with Gasteiger partial charge in [-0.2, -0.15) is 13.2 Å². The van der Waals surface area contributed by atoms with Crippen LogP contribution in [0.4, 0.5) is 13.2 Å². The molecule has 0 saturated heterocycles. The van der Waals surface area contributed by atoms with Gasteiger partial charge in [0.2, 0.25) is 5.88 Å². The van der Waals surface area contributed by atoms with Crippen LogP contribution in [0.15, 0.2) is 35.3 Å². The number of carbonyl (C=O) groups is 1. The van der Waals surface area contributed by atoms with Gasteiger partial charge in [-0.05, 0) is 25.1 Å². The third kappa shape index (κ3) is 4.83. The van der Waals surface area contributed by atoms with E-state index in [0.717, 1.165) is 0 Å². The molecule has 0 aliphatic carbocycles. The van der Waals surface area contributed by atoms with Crippen LogP contribution in [-0.4, -0.2) is 28.7 Å². The highest BCUT2D eigenvalue weighted by Gasteiger charge is 2.29. The molecular formula is C15H14F3N3O3. The molecule has 128 valence electrons. The van der Waals surface area contributed by atoms with E-state index in [9.17, 15) is 22.8 Å². The van der Waals surface area contributed by atoms with E-state index in [4.69, 9.17) is 0 Å². The minimum absolute atomic E-state index is 0.0951. The van der Waals surface area contributed by atoms with Crippen LogP contribution in [0.3, 0.4) is 0 Å². The summed E-state index contributed by atoms with van der Waals surface area (Å²) in [7, 11) is 0. The molecule has 2 aromatic rings. The first kappa shape index (κ1) is 17.5. The second-order valence-corrected chi connectivity index (χ2v) is 4.94. The maximum Gasteiger partial charge on any atom is 0.422 e. The standard InChI is InChI=1S/C15H14F3N3O3/c1-9-4-5-11(13(23)21-9)12(22)20-7-10-3-2-6-19-14(10)24-8-15(16,17)18/h2-6H,7-8H2,1H3,(H,20,22)(H,21,23). The number of aromatic amines is 1. The van der Waals surface area contributed by atoms with Crippen molar-refractivity contribution in [3.8, 4) is 5.88 Å². The van der Waals surface area contributed by atoms with Gasteiger partial charge in [0.15, 0.2) is 6.61 Å². The number of amides is 1. The van der Waals surface area contributed by atoms with Crippen LogP contribution in [0.2, 0.25) is 0 Å². The van der Waals surface area contributed by atoms with E-state index in [-0.39, 0.29) is 23.6 Å². The molecule has 0 aliphatic rings. The highest BCUT2D eigenvalue weighted by atomic mass is 19.4. The zero-order valence-corrected chi connectivity index (χ0v) is 12.6. The fraction of sp³-hybridized carbons (Fsp3) is 0.267. The lowest BCUT2D eigenvalue weighted by atomic mass is 10.2. The number of pyridine rings is 2. The number of aromatic nitrogens is 2. The predicted octanol–water partition coefficient (Wildman–Crippen LogP) is 1.95. The number of hydrogen-bond donors (Lipinski definition) is 2. The van der Waals surface area contributed by atoms with Crippen molar-refractivity contribution >= 4 is 5.91 Å². The summed E-state index contributed by atoms with van der Waals surface area (Å²) < 4.78 is 41.3. The maximum absolute atomic E-state index is 12.2. The third-order valence-electron chi connectivity index (χ3n) is 2.96. The number of ether oxygens (including phenoxy) is 1. The van der Waals surface area contributed by atoms with E-state index in [1.54, 1.807) is 13.0 Å². The smallest absolute Gasteiger partial charge is 0.422 e. The number of hydrogen-bond acceptors (Lipinski definition) is 4. The lowest BCUT2D eigenvalue weighted by Crippen LogP contribution is -2.29. The second kappa shape index (κ2) is 7.16. The number of alkyl halides is 3. The van der Waals surface area contributed by atoms with E-state index in [2.05, 4.69) is 20.0 Å². The first-order valence-corrected chi connectivity index (χ1v) is 6.88. The molecule has 0 atom stereocenters. The molecule has 2 aromatic heterocycles. The summed E-state index contributed by atoms with van der Waals surface area (Å²) >= 11 is 0. The van der Waals surface area contributed by atoms with Crippen LogP contribution in [0.1, 0.15) is 21.6 Å². The molecule has 0 unspecified atom stereocenters. The van der Waals surface area contributed by atoms with Crippen molar-refractivity contribution in [2.45, 2.75) is 19.6 Å². The van der Waals surface area contributed by atoms with Crippen molar-refractivity contribution in [1.82, 2.24) is 15.3 Å². The van der Waals surface area contributed by atoms with Crippen LogP contribution in [0.25, 0.3) is 0 Å². The van der Waals surface area contributed by atoms with Crippen LogP contribution >= 0.6 is 0 Å². The van der Waals surface area contributed by atoms with Crippen molar-refractivity contribution in [3.05, 3.63) is 57.6 Å². The highest BCUT2D eigenvalue weighted by molar-refractivity contribution is 5.93. The Morgan fingerprint density at radius 3 is 2.75 bits per heavy atom. The zero-order valence-electron chi connectivity index (χ0n) is 12.6. The molecule has 2 heterocycles. The van der Waals surface area contributed by atoms with Crippen LogP contribution in [-0.2, 0) is 6.54 Å². The van der Waals surface area contributed by atoms with Gasteiger partial charge in [-0.3, -0.25) is 9.59 Å². The first-order chi connectivity index (χ1) is 11.3. The fourth-order valence-corrected chi connectivity index (χ4v) is 1.86. The summed E-state index contributed by atoms with van der Waals surface area (Å²) in [6.07, 6.45) is -3.21. The lowest BCUT2D eigenvalue weighted by Gasteiger charge is -2.12. The Kier molecular flexibility index (Phi) is 5.22. The number of aryl methyl sites for hydroxylation is 1. The van der Waals surface area contributed by atoms with Crippen molar-refractivity contribution < 1.29 is 22.7 Å². The minimum Gasteiger partial charge on any atom is -0.468 e. The Labute approximate surface area is 134 Å². The van der Waals surface area contributed by atoms with E-state index < -0.39 is 24.2 Å². The Balaban J connectivity index is 2.06. The number of nitrogens with one attached hydrogen (secondary N) is 2. The number of carbonyl (C=O) groups excluding carboxylic acids is 1. The van der Waals surface area contributed by atoms with Crippen molar-refractivity contribution in [1.29, 1.82) is 0 Å².